The van der Waals surface area contributed by atoms with Crippen molar-refractivity contribution in [3.63, 3.8) is 0 Å². The molecule has 1 aliphatic rings. The molecule has 0 unspecified atom stereocenters. The van der Waals surface area contributed by atoms with Crippen molar-refractivity contribution in [3.05, 3.63) is 57.9 Å². The lowest BCUT2D eigenvalue weighted by Crippen LogP contribution is -2.36. The Morgan fingerprint density at radius 2 is 1.65 bits per heavy atom. The Hall–Kier alpha value is -2.47. The van der Waals surface area contributed by atoms with E-state index in [9.17, 15) is 0 Å². The van der Waals surface area contributed by atoms with E-state index in [4.69, 9.17) is 6.57 Å². The Kier molecular flexibility index (Phi) is 3.56. The van der Waals surface area contributed by atoms with Gasteiger partial charge in [-0.15, -0.1) is 0 Å². The van der Waals surface area contributed by atoms with E-state index < -0.39 is 0 Å². The van der Waals surface area contributed by atoms with Crippen LogP contribution in [0, 0.1) is 34.3 Å². The van der Waals surface area contributed by atoms with Crippen LogP contribution in [0.4, 0.5) is 22.7 Å². The highest BCUT2D eigenvalue weighted by Crippen LogP contribution is 2.47. The Morgan fingerprint density at radius 1 is 0.957 bits per heavy atom. The number of hydrogen-bond acceptors (Lipinski definition) is 2. The van der Waals surface area contributed by atoms with Crippen LogP contribution in [0.5, 0.6) is 0 Å². The summed E-state index contributed by atoms with van der Waals surface area (Å²) in [6.07, 6.45) is 0.227. The van der Waals surface area contributed by atoms with Crippen LogP contribution >= 0.6 is 0 Å². The molecule has 2 aromatic rings. The molecule has 0 fully saturated rings. The molecule has 1 atom stereocenters. The van der Waals surface area contributed by atoms with E-state index >= 15 is 0 Å². The molecule has 0 radical (unpaired) electrons. The summed E-state index contributed by atoms with van der Waals surface area (Å²) in [5.41, 5.74) is 9.55. The standard InChI is InChI=1S/C20H23N3/c1-12-10-13(2)20(15(4)14(12)3)23-16(5)22(7)18-9-8-17(21-6)11-19(18)23/h8-11,16H,1-5,7H3/t16-/m0/s1. The average molecular weight is 305 g/mol. The molecule has 118 valence electrons. The van der Waals surface area contributed by atoms with Crippen LogP contribution in [-0.2, 0) is 0 Å². The summed E-state index contributed by atoms with van der Waals surface area (Å²) in [4.78, 5) is 8.26. The molecule has 1 aliphatic heterocycles. The molecule has 0 N–H and O–H groups in total. The minimum atomic E-state index is 0.227. The predicted molar refractivity (Wildman–Crippen MR) is 98.1 cm³/mol. The van der Waals surface area contributed by atoms with Crippen LogP contribution in [0.2, 0.25) is 0 Å². The zero-order valence-corrected chi connectivity index (χ0v) is 14.7. The van der Waals surface area contributed by atoms with Gasteiger partial charge in [-0.05, 0) is 69.0 Å². The summed E-state index contributed by atoms with van der Waals surface area (Å²) in [6, 6.07) is 8.24. The topological polar surface area (TPSA) is 10.8 Å². The summed E-state index contributed by atoms with van der Waals surface area (Å²) in [5.74, 6) is 0. The third-order valence-electron chi connectivity index (χ3n) is 5.22. The Labute approximate surface area is 139 Å². The van der Waals surface area contributed by atoms with Gasteiger partial charge < -0.3 is 9.80 Å². The lowest BCUT2D eigenvalue weighted by molar-refractivity contribution is 0.730. The zero-order valence-electron chi connectivity index (χ0n) is 14.7. The van der Waals surface area contributed by atoms with Gasteiger partial charge in [0.1, 0.15) is 6.17 Å². The van der Waals surface area contributed by atoms with Gasteiger partial charge in [0, 0.05) is 12.7 Å². The molecule has 3 nitrogen and oxygen atoms in total. The maximum absolute atomic E-state index is 7.32. The molecule has 3 heteroatoms. The van der Waals surface area contributed by atoms with E-state index in [0.717, 1.165) is 5.69 Å². The quantitative estimate of drug-likeness (QED) is 0.653. The monoisotopic (exact) mass is 305 g/mol. The highest BCUT2D eigenvalue weighted by atomic mass is 15.4. The average Bonchev–Trinajstić information content (AvgIpc) is 2.77. The molecule has 3 rings (SSSR count). The van der Waals surface area contributed by atoms with Crippen molar-refractivity contribution in [2.24, 2.45) is 0 Å². The number of aryl methyl sites for hydroxylation is 2. The van der Waals surface area contributed by atoms with E-state index in [2.05, 4.69) is 68.4 Å². The van der Waals surface area contributed by atoms with Gasteiger partial charge in [-0.2, -0.15) is 0 Å². The molecule has 0 bridgehead atoms. The van der Waals surface area contributed by atoms with Gasteiger partial charge in [0.15, 0.2) is 5.69 Å². The van der Waals surface area contributed by atoms with E-state index in [-0.39, 0.29) is 6.17 Å². The largest absolute Gasteiger partial charge is 0.353 e. The second-order valence-corrected chi connectivity index (χ2v) is 6.51. The summed E-state index contributed by atoms with van der Waals surface area (Å²) >= 11 is 0. The molecule has 0 amide bonds. The van der Waals surface area contributed by atoms with Crippen molar-refractivity contribution in [1.82, 2.24) is 0 Å². The van der Waals surface area contributed by atoms with Gasteiger partial charge in [0.25, 0.3) is 0 Å². The first-order valence-electron chi connectivity index (χ1n) is 7.97. The van der Waals surface area contributed by atoms with Crippen molar-refractivity contribution in [2.45, 2.75) is 40.8 Å². The van der Waals surface area contributed by atoms with Crippen LogP contribution in [0.25, 0.3) is 4.85 Å². The number of rotatable bonds is 1. The smallest absolute Gasteiger partial charge is 0.189 e. The lowest BCUT2D eigenvalue weighted by atomic mass is 9.97. The number of fused-ring (bicyclic) bond motifs is 1. The molecule has 2 aromatic carbocycles. The molecule has 1 heterocycles. The Morgan fingerprint density at radius 3 is 2.30 bits per heavy atom. The third-order valence-corrected chi connectivity index (χ3v) is 5.22. The molecule has 0 spiro atoms. The second-order valence-electron chi connectivity index (χ2n) is 6.51. The molecule has 0 saturated carbocycles. The summed E-state index contributed by atoms with van der Waals surface area (Å²) in [5, 5.41) is 0. The van der Waals surface area contributed by atoms with E-state index in [1.54, 1.807) is 0 Å². The number of nitrogens with zero attached hydrogens (tertiary/aromatic N) is 3. The fraction of sp³-hybridized carbons (Fsp3) is 0.350. The first-order valence-corrected chi connectivity index (χ1v) is 7.97. The lowest BCUT2D eigenvalue weighted by Gasteiger charge is -2.31. The first kappa shape index (κ1) is 15.4. The third kappa shape index (κ3) is 2.17. The van der Waals surface area contributed by atoms with Gasteiger partial charge in [-0.1, -0.05) is 12.1 Å². The summed E-state index contributed by atoms with van der Waals surface area (Å²) in [6.45, 7) is 18.3. The minimum absolute atomic E-state index is 0.227. The van der Waals surface area contributed by atoms with Crippen LogP contribution in [-0.4, -0.2) is 13.2 Å². The SMILES string of the molecule is [C-]#[N+]c1ccc2c(c1)N(c1c(C)cc(C)c(C)c1C)[C@@H](C)N2C. The Bertz CT molecular complexity index is 830. The molecular formula is C20H23N3. The van der Waals surface area contributed by atoms with Gasteiger partial charge in [-0.3, -0.25) is 0 Å². The summed E-state index contributed by atoms with van der Waals surface area (Å²) < 4.78 is 0. The number of hydrogen-bond donors (Lipinski definition) is 0. The van der Waals surface area contributed by atoms with Crippen LogP contribution in [0.1, 0.15) is 29.2 Å². The minimum Gasteiger partial charge on any atom is -0.353 e. The van der Waals surface area contributed by atoms with Crippen LogP contribution < -0.4 is 9.80 Å². The maximum Gasteiger partial charge on any atom is 0.189 e. The second kappa shape index (κ2) is 5.31. The van der Waals surface area contributed by atoms with E-state index in [1.807, 2.05) is 12.1 Å². The van der Waals surface area contributed by atoms with Crippen molar-refractivity contribution in [1.29, 1.82) is 0 Å². The molecule has 0 aliphatic carbocycles. The van der Waals surface area contributed by atoms with Crippen LogP contribution in [0.15, 0.2) is 24.3 Å². The summed E-state index contributed by atoms with van der Waals surface area (Å²) in [7, 11) is 2.12. The van der Waals surface area contributed by atoms with Gasteiger partial charge in [0.05, 0.1) is 17.9 Å². The predicted octanol–water partition coefficient (Wildman–Crippen LogP) is 5.40. The molecular weight excluding hydrogens is 282 g/mol. The number of anilines is 3. The molecule has 0 aromatic heterocycles. The van der Waals surface area contributed by atoms with Crippen molar-refractivity contribution in [2.75, 3.05) is 16.8 Å². The molecule has 0 saturated heterocycles. The fourth-order valence-electron chi connectivity index (χ4n) is 3.60. The Balaban J connectivity index is 2.27. The van der Waals surface area contributed by atoms with Gasteiger partial charge in [0.2, 0.25) is 0 Å². The van der Waals surface area contributed by atoms with Crippen molar-refractivity contribution in [3.8, 4) is 0 Å². The van der Waals surface area contributed by atoms with Crippen LogP contribution in [0.3, 0.4) is 0 Å². The number of benzene rings is 2. The fourth-order valence-corrected chi connectivity index (χ4v) is 3.60. The first-order chi connectivity index (χ1) is 10.9. The highest BCUT2D eigenvalue weighted by molar-refractivity contribution is 5.88. The van der Waals surface area contributed by atoms with Crippen molar-refractivity contribution < 1.29 is 0 Å². The highest BCUT2D eigenvalue weighted by Gasteiger charge is 2.33. The maximum atomic E-state index is 7.32. The zero-order chi connectivity index (χ0) is 16.9. The van der Waals surface area contributed by atoms with Crippen molar-refractivity contribution >= 4 is 22.7 Å². The van der Waals surface area contributed by atoms with Gasteiger partial charge >= 0.3 is 0 Å². The molecule has 23 heavy (non-hydrogen) atoms. The van der Waals surface area contributed by atoms with E-state index in [0.29, 0.717) is 5.69 Å². The van der Waals surface area contributed by atoms with E-state index in [1.165, 1.54) is 33.6 Å². The normalized spacial score (nSPS) is 16.5. The van der Waals surface area contributed by atoms with Gasteiger partial charge in [-0.25, -0.2) is 4.85 Å².